The van der Waals surface area contributed by atoms with Crippen molar-refractivity contribution < 1.29 is 19.8 Å². The van der Waals surface area contributed by atoms with Gasteiger partial charge in [0, 0.05) is 17.8 Å². The Morgan fingerprint density at radius 3 is 2.89 bits per heavy atom. The number of carbonyl (C=O) groups is 2. The number of nitrogens with one attached hydrogen (secondary N) is 2. The number of hydrazone groups is 2. The molecule has 4 N–H and O–H groups in total. The Morgan fingerprint density at radius 2 is 2.26 bits per heavy atom. The summed E-state index contributed by atoms with van der Waals surface area (Å²) in [7, 11) is 0. The predicted octanol–water partition coefficient (Wildman–Crippen LogP) is -0.720. The van der Waals surface area contributed by atoms with Crippen molar-refractivity contribution in [3.63, 3.8) is 0 Å². The number of phenolic OH excluding ortho intramolecular Hbond substituents is 2. The first-order chi connectivity index (χ1) is 9.08. The quantitative estimate of drug-likeness (QED) is 0.326. The van der Waals surface area contributed by atoms with Crippen molar-refractivity contribution in [1.82, 2.24) is 10.9 Å². The van der Waals surface area contributed by atoms with Gasteiger partial charge in [0.1, 0.15) is 11.5 Å². The number of benzene rings is 1. The van der Waals surface area contributed by atoms with E-state index < -0.39 is 17.7 Å². The third-order valence-corrected chi connectivity index (χ3v) is 2.36. The van der Waals surface area contributed by atoms with E-state index in [1.807, 2.05) is 0 Å². The van der Waals surface area contributed by atoms with E-state index >= 15 is 0 Å². The average Bonchev–Trinajstić information content (AvgIpc) is 2.78. The van der Waals surface area contributed by atoms with Gasteiger partial charge in [-0.3, -0.25) is 9.59 Å². The maximum absolute atomic E-state index is 11.5. The number of hydrogen-bond donors (Lipinski definition) is 4. The van der Waals surface area contributed by atoms with E-state index in [1.54, 1.807) is 0 Å². The molecule has 1 aromatic carbocycles. The molecule has 1 aliphatic rings. The Morgan fingerprint density at radius 1 is 1.47 bits per heavy atom. The first-order valence-electron chi connectivity index (χ1n) is 5.26. The Kier molecular flexibility index (Phi) is 3.42. The van der Waals surface area contributed by atoms with Crippen molar-refractivity contribution in [3.8, 4) is 11.5 Å². The molecule has 0 aliphatic carbocycles. The number of aromatic hydroxyl groups is 2. The monoisotopic (exact) mass is 262 g/mol. The molecule has 0 saturated heterocycles. The molecule has 19 heavy (non-hydrogen) atoms. The van der Waals surface area contributed by atoms with E-state index in [0.29, 0.717) is 5.56 Å². The number of nitrogens with zero attached hydrogens (tertiary/aromatic N) is 2. The minimum Gasteiger partial charge on any atom is -0.508 e. The van der Waals surface area contributed by atoms with Gasteiger partial charge in [-0.25, -0.2) is 10.9 Å². The third-order valence-electron chi connectivity index (χ3n) is 2.36. The van der Waals surface area contributed by atoms with Crippen LogP contribution in [0.5, 0.6) is 11.5 Å². The maximum atomic E-state index is 11.5. The van der Waals surface area contributed by atoms with Crippen LogP contribution < -0.4 is 10.9 Å². The number of hydrogen-bond acceptors (Lipinski definition) is 6. The molecular weight excluding hydrogens is 252 g/mol. The molecule has 1 atom stereocenters. The lowest BCUT2D eigenvalue weighted by Gasteiger charge is -2.02. The van der Waals surface area contributed by atoms with E-state index in [1.165, 1.54) is 24.6 Å². The second-order valence-electron chi connectivity index (χ2n) is 3.71. The van der Waals surface area contributed by atoms with E-state index in [-0.39, 0.29) is 11.5 Å². The molecule has 0 aromatic heterocycles. The number of amides is 2. The topological polar surface area (TPSA) is 123 Å². The van der Waals surface area contributed by atoms with Crippen LogP contribution in [0.15, 0.2) is 28.4 Å². The summed E-state index contributed by atoms with van der Waals surface area (Å²) in [5.41, 5.74) is 4.58. The molecule has 8 heteroatoms. The molecule has 1 aliphatic heterocycles. The zero-order valence-electron chi connectivity index (χ0n) is 9.57. The molecule has 2 rings (SSSR count). The molecule has 0 radical (unpaired) electrons. The van der Waals surface area contributed by atoms with Gasteiger partial charge < -0.3 is 10.2 Å². The summed E-state index contributed by atoms with van der Waals surface area (Å²) in [4.78, 5) is 22.6. The minimum absolute atomic E-state index is 0.0856. The van der Waals surface area contributed by atoms with Gasteiger partial charge in [-0.05, 0) is 12.1 Å². The van der Waals surface area contributed by atoms with Crippen LogP contribution in [0.2, 0.25) is 0 Å². The van der Waals surface area contributed by atoms with E-state index in [2.05, 4.69) is 21.1 Å². The average molecular weight is 262 g/mol. The van der Waals surface area contributed by atoms with Crippen molar-refractivity contribution >= 4 is 24.2 Å². The second-order valence-corrected chi connectivity index (χ2v) is 3.71. The highest BCUT2D eigenvalue weighted by Crippen LogP contribution is 2.20. The molecule has 0 saturated carbocycles. The first kappa shape index (κ1) is 12.6. The molecule has 1 heterocycles. The summed E-state index contributed by atoms with van der Waals surface area (Å²) < 4.78 is 0. The molecule has 1 aromatic rings. The van der Waals surface area contributed by atoms with Crippen LogP contribution in [0.4, 0.5) is 0 Å². The highest BCUT2D eigenvalue weighted by Gasteiger charge is 2.28. The van der Waals surface area contributed by atoms with Gasteiger partial charge in [0.15, 0.2) is 5.92 Å². The fraction of sp³-hybridized carbons (Fsp3) is 0.0909. The van der Waals surface area contributed by atoms with Gasteiger partial charge in [-0.2, -0.15) is 10.2 Å². The molecule has 0 fully saturated rings. The summed E-state index contributed by atoms with van der Waals surface area (Å²) in [6.07, 6.45) is 2.36. The van der Waals surface area contributed by atoms with Gasteiger partial charge >= 0.3 is 0 Å². The van der Waals surface area contributed by atoms with Gasteiger partial charge in [0.05, 0.1) is 6.21 Å². The Balaban J connectivity index is 1.98. The van der Waals surface area contributed by atoms with Crippen LogP contribution >= 0.6 is 0 Å². The zero-order chi connectivity index (χ0) is 13.8. The van der Waals surface area contributed by atoms with E-state index in [0.717, 1.165) is 6.07 Å². The Hall–Kier alpha value is -2.90. The van der Waals surface area contributed by atoms with Crippen LogP contribution in [0.25, 0.3) is 0 Å². The lowest BCUT2D eigenvalue weighted by Crippen LogP contribution is -2.34. The Labute approximate surface area is 107 Å². The molecule has 1 unspecified atom stereocenters. The van der Waals surface area contributed by atoms with E-state index in [4.69, 9.17) is 5.11 Å². The number of rotatable bonds is 3. The summed E-state index contributed by atoms with van der Waals surface area (Å²) in [5.74, 6) is -2.44. The van der Waals surface area contributed by atoms with E-state index in [9.17, 15) is 14.7 Å². The van der Waals surface area contributed by atoms with Crippen LogP contribution in [0.1, 0.15) is 5.56 Å². The van der Waals surface area contributed by atoms with Crippen LogP contribution in [0, 0.1) is 5.92 Å². The van der Waals surface area contributed by atoms with Crippen molar-refractivity contribution in [1.29, 1.82) is 0 Å². The standard InChI is InChI=1S/C11H10N4O4/c16-7-2-1-6(9(17)3-7)4-12-14-10(18)8-5-13-15-11(8)19/h1-5,8,16-17H,(H,14,18)(H,15,19). The van der Waals surface area contributed by atoms with Crippen LogP contribution in [-0.4, -0.2) is 34.5 Å². The fourth-order valence-electron chi connectivity index (χ4n) is 1.38. The van der Waals surface area contributed by atoms with Gasteiger partial charge in [-0.15, -0.1) is 0 Å². The van der Waals surface area contributed by atoms with Gasteiger partial charge in [-0.1, -0.05) is 0 Å². The number of carbonyl (C=O) groups excluding carboxylic acids is 2. The SMILES string of the molecule is O=C(NN=Cc1ccc(O)cc1O)C1C=NNC1=O. The van der Waals surface area contributed by atoms with Crippen molar-refractivity contribution in [2.75, 3.05) is 0 Å². The Bertz CT molecular complexity index is 582. The minimum atomic E-state index is -1.01. The van der Waals surface area contributed by atoms with Crippen molar-refractivity contribution in [2.24, 2.45) is 16.1 Å². The van der Waals surface area contributed by atoms with Gasteiger partial charge in [0.2, 0.25) is 0 Å². The first-order valence-corrected chi connectivity index (χ1v) is 5.26. The number of phenols is 2. The van der Waals surface area contributed by atoms with Crippen LogP contribution in [-0.2, 0) is 9.59 Å². The van der Waals surface area contributed by atoms with Gasteiger partial charge in [0.25, 0.3) is 11.8 Å². The molecule has 0 bridgehead atoms. The molecule has 0 spiro atoms. The lowest BCUT2D eigenvalue weighted by atomic mass is 10.1. The summed E-state index contributed by atoms with van der Waals surface area (Å²) >= 11 is 0. The molecular formula is C11H10N4O4. The maximum Gasteiger partial charge on any atom is 0.258 e. The van der Waals surface area contributed by atoms with Crippen LogP contribution in [0.3, 0.4) is 0 Å². The summed E-state index contributed by atoms with van der Waals surface area (Å²) in [6, 6.07) is 3.92. The molecule has 2 amide bonds. The summed E-state index contributed by atoms with van der Waals surface area (Å²) in [5, 5.41) is 25.6. The molecule has 8 nitrogen and oxygen atoms in total. The smallest absolute Gasteiger partial charge is 0.258 e. The van der Waals surface area contributed by atoms with Crippen molar-refractivity contribution in [3.05, 3.63) is 23.8 Å². The highest BCUT2D eigenvalue weighted by molar-refractivity contribution is 6.15. The second kappa shape index (κ2) is 5.17. The fourth-order valence-corrected chi connectivity index (χ4v) is 1.38. The zero-order valence-corrected chi connectivity index (χ0v) is 9.57. The molecule has 98 valence electrons. The normalized spacial score (nSPS) is 17.7. The predicted molar refractivity (Wildman–Crippen MR) is 65.6 cm³/mol. The van der Waals surface area contributed by atoms with Crippen molar-refractivity contribution in [2.45, 2.75) is 0 Å². The highest BCUT2D eigenvalue weighted by atomic mass is 16.3. The summed E-state index contributed by atoms with van der Waals surface area (Å²) in [6.45, 7) is 0. The lowest BCUT2D eigenvalue weighted by molar-refractivity contribution is -0.131. The largest absolute Gasteiger partial charge is 0.508 e. The third kappa shape index (κ3) is 2.86.